The number of rotatable bonds is 4. The predicted octanol–water partition coefficient (Wildman–Crippen LogP) is 4.58. The fraction of sp³-hybridized carbons (Fsp3) is 0.556. The van der Waals surface area contributed by atoms with Crippen molar-refractivity contribution < 1.29 is 9.15 Å². The molecule has 0 saturated heterocycles. The number of benzene rings is 1. The number of nitrogens with zero attached hydrogens (tertiary/aromatic N) is 2. The SMILES string of the molecule is CC(C)[C@H]1CC[C@H](C)C[C@@H]1Oc1nnc(-c2ccccc2)o1. The summed E-state index contributed by atoms with van der Waals surface area (Å²) in [5.41, 5.74) is 0.919. The van der Waals surface area contributed by atoms with Gasteiger partial charge in [0, 0.05) is 5.56 Å². The molecule has 3 rings (SSSR count). The van der Waals surface area contributed by atoms with E-state index in [2.05, 4.69) is 31.0 Å². The van der Waals surface area contributed by atoms with Crippen molar-refractivity contribution in [1.82, 2.24) is 10.2 Å². The van der Waals surface area contributed by atoms with E-state index in [0.717, 1.165) is 12.0 Å². The van der Waals surface area contributed by atoms with Crippen LogP contribution in [0.5, 0.6) is 6.08 Å². The Morgan fingerprint density at radius 2 is 1.91 bits per heavy atom. The van der Waals surface area contributed by atoms with Crippen LogP contribution in [0, 0.1) is 17.8 Å². The first-order valence-corrected chi connectivity index (χ1v) is 8.19. The molecule has 3 atom stereocenters. The number of ether oxygens (including phenoxy) is 1. The quantitative estimate of drug-likeness (QED) is 0.829. The molecular formula is C18H24N2O2. The third kappa shape index (κ3) is 3.32. The van der Waals surface area contributed by atoms with Crippen LogP contribution in [0.1, 0.15) is 40.0 Å². The lowest BCUT2D eigenvalue weighted by Gasteiger charge is -2.36. The van der Waals surface area contributed by atoms with E-state index in [1.165, 1.54) is 12.8 Å². The van der Waals surface area contributed by atoms with Gasteiger partial charge in [-0.2, -0.15) is 0 Å². The maximum Gasteiger partial charge on any atom is 0.415 e. The van der Waals surface area contributed by atoms with Gasteiger partial charge in [-0.25, -0.2) is 0 Å². The zero-order valence-electron chi connectivity index (χ0n) is 13.5. The summed E-state index contributed by atoms with van der Waals surface area (Å²) in [6.07, 6.45) is 4.02. The Balaban J connectivity index is 1.73. The Kier molecular flexibility index (Phi) is 4.46. The first-order chi connectivity index (χ1) is 10.6. The fourth-order valence-corrected chi connectivity index (χ4v) is 3.33. The Morgan fingerprint density at radius 3 is 2.64 bits per heavy atom. The van der Waals surface area contributed by atoms with E-state index in [0.29, 0.717) is 29.7 Å². The summed E-state index contributed by atoms with van der Waals surface area (Å²) in [5, 5.41) is 8.17. The molecule has 0 aliphatic heterocycles. The van der Waals surface area contributed by atoms with E-state index in [9.17, 15) is 0 Å². The first-order valence-electron chi connectivity index (χ1n) is 8.19. The summed E-state index contributed by atoms with van der Waals surface area (Å²) >= 11 is 0. The molecule has 1 aromatic heterocycles. The van der Waals surface area contributed by atoms with Crippen LogP contribution in [0.25, 0.3) is 11.5 Å². The lowest BCUT2D eigenvalue weighted by atomic mass is 9.75. The van der Waals surface area contributed by atoms with Crippen LogP contribution in [-0.2, 0) is 0 Å². The smallest absolute Gasteiger partial charge is 0.415 e. The minimum atomic E-state index is 0.174. The van der Waals surface area contributed by atoms with E-state index in [1.807, 2.05) is 30.3 Å². The molecule has 22 heavy (non-hydrogen) atoms. The summed E-state index contributed by atoms with van der Waals surface area (Å²) in [5.74, 6) is 2.37. The minimum Gasteiger partial charge on any atom is -0.445 e. The van der Waals surface area contributed by atoms with Gasteiger partial charge in [0.1, 0.15) is 6.10 Å². The van der Waals surface area contributed by atoms with Gasteiger partial charge in [0.15, 0.2) is 0 Å². The average Bonchev–Trinajstić information content (AvgIpc) is 2.96. The van der Waals surface area contributed by atoms with Crippen molar-refractivity contribution in [3.63, 3.8) is 0 Å². The molecule has 1 saturated carbocycles. The molecule has 118 valence electrons. The summed E-state index contributed by atoms with van der Waals surface area (Å²) in [4.78, 5) is 0. The Labute approximate surface area is 131 Å². The topological polar surface area (TPSA) is 48.2 Å². The van der Waals surface area contributed by atoms with Crippen molar-refractivity contribution in [1.29, 1.82) is 0 Å². The van der Waals surface area contributed by atoms with E-state index < -0.39 is 0 Å². The monoisotopic (exact) mass is 300 g/mol. The van der Waals surface area contributed by atoms with Crippen LogP contribution >= 0.6 is 0 Å². The Morgan fingerprint density at radius 1 is 1.14 bits per heavy atom. The Bertz CT molecular complexity index is 594. The molecule has 1 aliphatic rings. The summed E-state index contributed by atoms with van der Waals surface area (Å²) in [6, 6.07) is 9.79. The zero-order valence-corrected chi connectivity index (χ0v) is 13.5. The van der Waals surface area contributed by atoms with Gasteiger partial charge in [0.2, 0.25) is 0 Å². The van der Waals surface area contributed by atoms with E-state index in [-0.39, 0.29) is 6.10 Å². The van der Waals surface area contributed by atoms with Crippen LogP contribution in [0.3, 0.4) is 0 Å². The highest BCUT2D eigenvalue weighted by atomic mass is 16.6. The molecule has 1 fully saturated rings. The van der Waals surface area contributed by atoms with E-state index in [1.54, 1.807) is 0 Å². The molecule has 2 aromatic rings. The van der Waals surface area contributed by atoms with Gasteiger partial charge >= 0.3 is 6.08 Å². The first kappa shape index (κ1) is 15.1. The predicted molar refractivity (Wildman–Crippen MR) is 85.5 cm³/mol. The number of aromatic nitrogens is 2. The molecule has 0 spiro atoms. The van der Waals surface area contributed by atoms with Gasteiger partial charge in [-0.15, -0.1) is 5.10 Å². The number of hydrogen-bond acceptors (Lipinski definition) is 4. The molecule has 0 unspecified atom stereocenters. The van der Waals surface area contributed by atoms with Crippen molar-refractivity contribution in [3.05, 3.63) is 30.3 Å². The van der Waals surface area contributed by atoms with Gasteiger partial charge in [0.25, 0.3) is 5.89 Å². The van der Waals surface area contributed by atoms with Crippen LogP contribution in [-0.4, -0.2) is 16.3 Å². The molecule has 0 N–H and O–H groups in total. The van der Waals surface area contributed by atoms with Crippen molar-refractivity contribution in [2.75, 3.05) is 0 Å². The molecular weight excluding hydrogens is 276 g/mol. The molecule has 1 heterocycles. The van der Waals surface area contributed by atoms with Gasteiger partial charge < -0.3 is 9.15 Å². The van der Waals surface area contributed by atoms with Crippen molar-refractivity contribution in [3.8, 4) is 17.5 Å². The van der Waals surface area contributed by atoms with Crippen molar-refractivity contribution >= 4 is 0 Å². The second kappa shape index (κ2) is 6.51. The number of hydrogen-bond donors (Lipinski definition) is 0. The van der Waals surface area contributed by atoms with Gasteiger partial charge in [-0.1, -0.05) is 50.5 Å². The van der Waals surface area contributed by atoms with Crippen LogP contribution in [0.15, 0.2) is 34.7 Å². The zero-order chi connectivity index (χ0) is 15.5. The summed E-state index contributed by atoms with van der Waals surface area (Å²) in [7, 11) is 0. The van der Waals surface area contributed by atoms with Crippen LogP contribution in [0.2, 0.25) is 0 Å². The Hall–Kier alpha value is -1.84. The second-order valence-corrected chi connectivity index (χ2v) is 6.72. The highest BCUT2D eigenvalue weighted by molar-refractivity contribution is 5.51. The minimum absolute atomic E-state index is 0.174. The molecule has 4 nitrogen and oxygen atoms in total. The van der Waals surface area contributed by atoms with Crippen molar-refractivity contribution in [2.24, 2.45) is 17.8 Å². The lowest BCUT2D eigenvalue weighted by molar-refractivity contribution is 0.0248. The van der Waals surface area contributed by atoms with Gasteiger partial charge in [0.05, 0.1) is 0 Å². The fourth-order valence-electron chi connectivity index (χ4n) is 3.33. The molecule has 1 aromatic carbocycles. The standard InChI is InChI=1S/C18H24N2O2/c1-12(2)15-10-9-13(3)11-16(15)21-18-20-19-17(22-18)14-7-5-4-6-8-14/h4-8,12-13,15-16H,9-11H2,1-3H3/t13-,15+,16-/m0/s1. The molecule has 4 heteroatoms. The maximum atomic E-state index is 6.06. The summed E-state index contributed by atoms with van der Waals surface area (Å²) < 4.78 is 11.8. The molecule has 0 amide bonds. The normalized spacial score (nSPS) is 25.4. The van der Waals surface area contributed by atoms with Gasteiger partial charge in [-0.05, 0) is 42.7 Å². The van der Waals surface area contributed by atoms with Crippen molar-refractivity contribution in [2.45, 2.75) is 46.1 Å². The van der Waals surface area contributed by atoms with Gasteiger partial charge in [-0.3, -0.25) is 0 Å². The molecule has 0 radical (unpaired) electrons. The maximum absolute atomic E-state index is 6.06. The van der Waals surface area contributed by atoms with Crippen LogP contribution in [0.4, 0.5) is 0 Å². The lowest BCUT2D eigenvalue weighted by Crippen LogP contribution is -2.36. The third-order valence-corrected chi connectivity index (χ3v) is 4.64. The molecule has 0 bridgehead atoms. The molecule has 1 aliphatic carbocycles. The third-order valence-electron chi connectivity index (χ3n) is 4.64. The van der Waals surface area contributed by atoms with E-state index in [4.69, 9.17) is 9.15 Å². The largest absolute Gasteiger partial charge is 0.445 e. The highest BCUT2D eigenvalue weighted by Gasteiger charge is 2.33. The summed E-state index contributed by atoms with van der Waals surface area (Å²) in [6.45, 7) is 6.82. The van der Waals surface area contributed by atoms with E-state index >= 15 is 0 Å². The second-order valence-electron chi connectivity index (χ2n) is 6.72. The van der Waals surface area contributed by atoms with Crippen LogP contribution < -0.4 is 4.74 Å². The highest BCUT2D eigenvalue weighted by Crippen LogP contribution is 2.36. The average molecular weight is 300 g/mol.